The van der Waals surface area contributed by atoms with E-state index in [1.54, 1.807) is 7.11 Å². The number of nitrogens with two attached hydrogens (primary N) is 1. The molecule has 0 bridgehead atoms. The fraction of sp³-hybridized carbons (Fsp3) is 0.500. The van der Waals surface area contributed by atoms with E-state index in [2.05, 4.69) is 15.9 Å². The molecule has 0 fully saturated rings. The molecule has 1 rings (SSSR count). The average molecular weight is 288 g/mol. The van der Waals surface area contributed by atoms with Gasteiger partial charge in [0.15, 0.2) is 0 Å². The minimum absolute atomic E-state index is 0.0920. The van der Waals surface area contributed by atoms with Crippen molar-refractivity contribution in [3.8, 4) is 5.75 Å². The fourth-order valence-corrected chi connectivity index (χ4v) is 1.72. The molecule has 2 N–H and O–H groups in total. The maximum Gasteiger partial charge on any atom is 0.122 e. The Labute approximate surface area is 105 Å². The Morgan fingerprint density at radius 3 is 2.81 bits per heavy atom. The van der Waals surface area contributed by atoms with Crippen LogP contribution in [0, 0.1) is 0 Å². The summed E-state index contributed by atoms with van der Waals surface area (Å²) >= 11 is 3.44. The van der Waals surface area contributed by atoms with E-state index >= 15 is 0 Å². The van der Waals surface area contributed by atoms with Crippen LogP contribution in [0.5, 0.6) is 5.75 Å². The standard InChI is InChI=1S/C12H18BrNO2/c1-9(15-2)8-16-12-4-3-11(13)7-10(12)5-6-14/h3-4,7,9H,5-6,8,14H2,1-2H3. The number of hydrogen-bond donors (Lipinski definition) is 1. The lowest BCUT2D eigenvalue weighted by Crippen LogP contribution is -2.17. The molecule has 90 valence electrons. The Morgan fingerprint density at radius 2 is 2.19 bits per heavy atom. The monoisotopic (exact) mass is 287 g/mol. The summed E-state index contributed by atoms with van der Waals surface area (Å²) < 4.78 is 11.9. The van der Waals surface area contributed by atoms with Crippen LogP contribution in [0.1, 0.15) is 12.5 Å². The van der Waals surface area contributed by atoms with E-state index in [0.29, 0.717) is 13.2 Å². The molecule has 0 aliphatic carbocycles. The van der Waals surface area contributed by atoms with Gasteiger partial charge in [-0.25, -0.2) is 0 Å². The van der Waals surface area contributed by atoms with Crippen LogP contribution in [0.25, 0.3) is 0 Å². The summed E-state index contributed by atoms with van der Waals surface area (Å²) in [6, 6.07) is 5.96. The van der Waals surface area contributed by atoms with Crippen molar-refractivity contribution in [1.29, 1.82) is 0 Å². The third kappa shape index (κ3) is 4.12. The van der Waals surface area contributed by atoms with Crippen molar-refractivity contribution in [3.63, 3.8) is 0 Å². The second-order valence-electron chi connectivity index (χ2n) is 3.65. The molecule has 1 aromatic rings. The molecule has 0 radical (unpaired) electrons. The Hall–Kier alpha value is -0.580. The molecule has 0 aliphatic heterocycles. The van der Waals surface area contributed by atoms with Crippen molar-refractivity contribution in [2.24, 2.45) is 5.73 Å². The van der Waals surface area contributed by atoms with E-state index < -0.39 is 0 Å². The van der Waals surface area contributed by atoms with Crippen molar-refractivity contribution in [1.82, 2.24) is 0 Å². The van der Waals surface area contributed by atoms with Gasteiger partial charge in [0, 0.05) is 11.6 Å². The van der Waals surface area contributed by atoms with Crippen molar-refractivity contribution in [3.05, 3.63) is 28.2 Å². The first-order chi connectivity index (χ1) is 7.67. The van der Waals surface area contributed by atoms with Crippen LogP contribution in [0.3, 0.4) is 0 Å². The van der Waals surface area contributed by atoms with Gasteiger partial charge in [0.2, 0.25) is 0 Å². The van der Waals surface area contributed by atoms with Crippen LogP contribution in [-0.4, -0.2) is 26.4 Å². The van der Waals surface area contributed by atoms with Gasteiger partial charge in [-0.05, 0) is 43.7 Å². The molecule has 0 spiro atoms. The molecule has 0 aromatic heterocycles. The Morgan fingerprint density at radius 1 is 1.44 bits per heavy atom. The molecule has 0 saturated carbocycles. The molecule has 1 aromatic carbocycles. The van der Waals surface area contributed by atoms with Gasteiger partial charge in [0.25, 0.3) is 0 Å². The highest BCUT2D eigenvalue weighted by Gasteiger charge is 2.06. The SMILES string of the molecule is COC(C)COc1ccc(Br)cc1CCN. The molecule has 4 heteroatoms. The van der Waals surface area contributed by atoms with Gasteiger partial charge < -0.3 is 15.2 Å². The molecular formula is C12H18BrNO2. The second kappa shape index (κ2) is 6.89. The summed E-state index contributed by atoms with van der Waals surface area (Å²) in [5, 5.41) is 0. The van der Waals surface area contributed by atoms with Gasteiger partial charge in [-0.2, -0.15) is 0 Å². The van der Waals surface area contributed by atoms with Crippen molar-refractivity contribution in [2.45, 2.75) is 19.4 Å². The summed E-state index contributed by atoms with van der Waals surface area (Å²) in [5.74, 6) is 0.887. The zero-order valence-electron chi connectivity index (χ0n) is 9.70. The van der Waals surface area contributed by atoms with Crippen LogP contribution in [0.4, 0.5) is 0 Å². The number of rotatable bonds is 6. The van der Waals surface area contributed by atoms with Crippen LogP contribution in [0.2, 0.25) is 0 Å². The molecular weight excluding hydrogens is 270 g/mol. The van der Waals surface area contributed by atoms with Gasteiger partial charge >= 0.3 is 0 Å². The first-order valence-corrected chi connectivity index (χ1v) is 6.10. The highest BCUT2D eigenvalue weighted by Crippen LogP contribution is 2.23. The molecule has 3 nitrogen and oxygen atoms in total. The van der Waals surface area contributed by atoms with Gasteiger partial charge in [-0.1, -0.05) is 15.9 Å². The average Bonchev–Trinajstić information content (AvgIpc) is 2.28. The van der Waals surface area contributed by atoms with Gasteiger partial charge in [-0.15, -0.1) is 0 Å². The quantitative estimate of drug-likeness (QED) is 0.874. The summed E-state index contributed by atoms with van der Waals surface area (Å²) in [4.78, 5) is 0. The normalized spacial score (nSPS) is 12.5. The van der Waals surface area contributed by atoms with E-state index in [1.165, 1.54) is 0 Å². The lowest BCUT2D eigenvalue weighted by Gasteiger charge is -2.14. The van der Waals surface area contributed by atoms with E-state index in [9.17, 15) is 0 Å². The molecule has 1 unspecified atom stereocenters. The van der Waals surface area contributed by atoms with Crippen molar-refractivity contribution >= 4 is 15.9 Å². The Kier molecular flexibility index (Phi) is 5.80. The van der Waals surface area contributed by atoms with Crippen LogP contribution in [0.15, 0.2) is 22.7 Å². The molecule has 16 heavy (non-hydrogen) atoms. The van der Waals surface area contributed by atoms with E-state index in [4.69, 9.17) is 15.2 Å². The minimum Gasteiger partial charge on any atom is -0.491 e. The third-order valence-electron chi connectivity index (χ3n) is 2.31. The Bertz CT molecular complexity index is 331. The number of ether oxygens (including phenoxy) is 2. The van der Waals surface area contributed by atoms with E-state index in [0.717, 1.165) is 22.2 Å². The van der Waals surface area contributed by atoms with Crippen molar-refractivity contribution in [2.75, 3.05) is 20.3 Å². The first kappa shape index (κ1) is 13.5. The number of methoxy groups -OCH3 is 1. The topological polar surface area (TPSA) is 44.5 Å². The van der Waals surface area contributed by atoms with Crippen molar-refractivity contribution < 1.29 is 9.47 Å². The summed E-state index contributed by atoms with van der Waals surface area (Å²) in [7, 11) is 1.68. The second-order valence-corrected chi connectivity index (χ2v) is 4.56. The van der Waals surface area contributed by atoms with Gasteiger partial charge in [0.1, 0.15) is 12.4 Å². The highest BCUT2D eigenvalue weighted by molar-refractivity contribution is 9.10. The van der Waals surface area contributed by atoms with Gasteiger partial charge in [0.05, 0.1) is 6.10 Å². The largest absolute Gasteiger partial charge is 0.491 e. The third-order valence-corrected chi connectivity index (χ3v) is 2.81. The predicted molar refractivity (Wildman–Crippen MR) is 68.9 cm³/mol. The summed E-state index contributed by atoms with van der Waals surface area (Å²) in [5.41, 5.74) is 6.69. The summed E-state index contributed by atoms with van der Waals surface area (Å²) in [6.07, 6.45) is 0.908. The molecule has 0 amide bonds. The van der Waals surface area contributed by atoms with E-state index in [1.807, 2.05) is 25.1 Å². The zero-order chi connectivity index (χ0) is 12.0. The van der Waals surface area contributed by atoms with Gasteiger partial charge in [-0.3, -0.25) is 0 Å². The van der Waals surface area contributed by atoms with Crippen LogP contribution < -0.4 is 10.5 Å². The summed E-state index contributed by atoms with van der Waals surface area (Å²) in [6.45, 7) is 3.14. The maximum atomic E-state index is 5.70. The van der Waals surface area contributed by atoms with Crippen LogP contribution in [-0.2, 0) is 11.2 Å². The van der Waals surface area contributed by atoms with E-state index in [-0.39, 0.29) is 6.10 Å². The lowest BCUT2D eigenvalue weighted by atomic mass is 10.1. The Balaban J connectivity index is 2.70. The first-order valence-electron chi connectivity index (χ1n) is 5.31. The minimum atomic E-state index is 0.0920. The highest BCUT2D eigenvalue weighted by atomic mass is 79.9. The number of benzene rings is 1. The molecule has 0 heterocycles. The predicted octanol–water partition coefficient (Wildman–Crippen LogP) is 2.36. The number of hydrogen-bond acceptors (Lipinski definition) is 3. The molecule has 1 atom stereocenters. The smallest absolute Gasteiger partial charge is 0.122 e. The lowest BCUT2D eigenvalue weighted by molar-refractivity contribution is 0.0713. The molecule has 0 saturated heterocycles. The fourth-order valence-electron chi connectivity index (χ4n) is 1.31. The maximum absolute atomic E-state index is 5.70. The van der Waals surface area contributed by atoms with Crippen LogP contribution >= 0.6 is 15.9 Å². The number of halogens is 1. The molecule has 0 aliphatic rings. The zero-order valence-corrected chi connectivity index (χ0v) is 11.3.